The molecule has 4 aromatic carbocycles. The SMILES string of the molecule is C=CCCC(C)C(=C)NC.CCCc1ccc([N-]CC[N-]CC2CCN(c3ccc(C4c5ccc(C)cc5C(F)(F)CC4c4ccccc4)cc3)CC2)cc1CC.[U+2]. The van der Waals surface area contributed by atoms with Gasteiger partial charge in [-0.2, -0.15) is 13.1 Å². The van der Waals surface area contributed by atoms with Crippen molar-refractivity contribution in [2.24, 2.45) is 11.8 Å². The Morgan fingerprint density at radius 2 is 1.66 bits per heavy atom. The molecular weight excluding hydrogens is 945 g/mol. The van der Waals surface area contributed by atoms with Gasteiger partial charge in [0.2, 0.25) is 0 Å². The molecule has 0 aromatic heterocycles. The molecule has 4 aromatic rings. The zero-order valence-electron chi connectivity index (χ0n) is 35.8. The molecule has 1 fully saturated rings. The van der Waals surface area contributed by atoms with Crippen molar-refractivity contribution in [2.75, 3.05) is 44.7 Å². The van der Waals surface area contributed by atoms with E-state index in [4.69, 9.17) is 10.6 Å². The first-order valence-electron chi connectivity index (χ1n) is 21.4. The molecular formula is C51H66F2N4U. The van der Waals surface area contributed by atoms with Crippen LogP contribution < -0.4 is 10.2 Å². The summed E-state index contributed by atoms with van der Waals surface area (Å²) in [7, 11) is 1.91. The van der Waals surface area contributed by atoms with E-state index in [-0.39, 0.29) is 54.9 Å². The predicted octanol–water partition coefficient (Wildman–Crippen LogP) is 13.5. The van der Waals surface area contributed by atoms with E-state index < -0.39 is 5.92 Å². The number of hydrogen-bond acceptors (Lipinski definition) is 2. The first-order valence-corrected chi connectivity index (χ1v) is 21.4. The molecule has 0 bridgehead atoms. The fraction of sp³-hybridized carbons (Fsp3) is 0.451. The normalized spacial score (nSPS) is 17.8. The van der Waals surface area contributed by atoms with Crippen LogP contribution in [0.5, 0.6) is 0 Å². The largest absolute Gasteiger partial charge is 2.00 e. The minimum absolute atomic E-state index is 0. The number of halogens is 2. The van der Waals surface area contributed by atoms with E-state index >= 15 is 8.78 Å². The minimum Gasteiger partial charge on any atom is -0.686 e. The van der Waals surface area contributed by atoms with E-state index in [0.717, 1.165) is 105 Å². The Hall–Kier alpha value is -3.37. The van der Waals surface area contributed by atoms with E-state index in [2.05, 4.69) is 86.6 Å². The summed E-state index contributed by atoms with van der Waals surface area (Å²) in [5.74, 6) is -2.10. The number of allylic oxidation sites excluding steroid dienone is 2. The van der Waals surface area contributed by atoms with Gasteiger partial charge in [0, 0.05) is 55.3 Å². The number of aryl methyl sites for hydroxylation is 3. The molecule has 2 aliphatic rings. The number of benzene rings is 4. The number of alkyl halides is 2. The fourth-order valence-corrected chi connectivity index (χ4v) is 8.53. The van der Waals surface area contributed by atoms with Crippen LogP contribution in [0, 0.1) is 49.9 Å². The smallest absolute Gasteiger partial charge is 0.686 e. The molecule has 1 heterocycles. The first-order chi connectivity index (χ1) is 27.6. The standard InChI is InChI=1S/C42H49F2N3.C9H17N.U/c1-4-9-33-13-16-36(27-32(33)5-2)46-23-22-45-29-31-20-24-47(25-21-31)37-17-14-35(15-18-37)41-38-19-12-30(3)26-40(38)42(43,44)28-39(41)34-10-7-6-8-11-34;1-5-6-7-8(2)9(3)10-4;/h6-8,10-19,26-27,31,39,41H,4-5,9,20-25,28-29H2,1-3H3;5,8,10H,1,3,6-7H2,2,4H3;/q-2;;+2. The van der Waals surface area contributed by atoms with Gasteiger partial charge in [-0.05, 0) is 97.4 Å². The number of piperidine rings is 1. The molecule has 0 saturated carbocycles. The Morgan fingerprint density at radius 1 is 0.931 bits per heavy atom. The Kier molecular flexibility index (Phi) is 19.1. The second-order valence-corrected chi connectivity index (χ2v) is 16.1. The third-order valence-corrected chi connectivity index (χ3v) is 12.0. The molecule has 4 nitrogen and oxygen atoms in total. The molecule has 1 saturated heterocycles. The molecule has 1 aliphatic carbocycles. The third kappa shape index (κ3) is 12.8. The molecule has 58 heavy (non-hydrogen) atoms. The van der Waals surface area contributed by atoms with Crippen LogP contribution in [0.15, 0.2) is 116 Å². The van der Waals surface area contributed by atoms with E-state index in [1.165, 1.54) is 23.2 Å². The Labute approximate surface area is 373 Å². The summed E-state index contributed by atoms with van der Waals surface area (Å²) in [5, 5.41) is 12.7. The summed E-state index contributed by atoms with van der Waals surface area (Å²) >= 11 is 0. The second kappa shape index (κ2) is 23.4. The van der Waals surface area contributed by atoms with Crippen molar-refractivity contribution in [3.05, 3.63) is 166 Å². The van der Waals surface area contributed by atoms with Crippen LogP contribution in [0.2, 0.25) is 0 Å². The van der Waals surface area contributed by atoms with Gasteiger partial charge < -0.3 is 20.9 Å². The molecule has 0 amide bonds. The molecule has 3 atom stereocenters. The maximum Gasteiger partial charge on any atom is 2.00 e. The number of nitrogens with one attached hydrogen (secondary N) is 1. The van der Waals surface area contributed by atoms with Gasteiger partial charge in [-0.15, -0.1) is 18.8 Å². The van der Waals surface area contributed by atoms with Gasteiger partial charge in [0.1, 0.15) is 0 Å². The summed E-state index contributed by atoms with van der Waals surface area (Å²) < 4.78 is 31.1. The number of rotatable bonds is 17. The number of hydrogen-bond donors (Lipinski definition) is 1. The monoisotopic (exact) mass is 1010 g/mol. The van der Waals surface area contributed by atoms with Gasteiger partial charge in [0.05, 0.1) is 0 Å². The maximum absolute atomic E-state index is 15.6. The second-order valence-electron chi connectivity index (χ2n) is 16.1. The summed E-state index contributed by atoms with van der Waals surface area (Å²) in [6, 6.07) is 30.9. The maximum atomic E-state index is 15.6. The van der Waals surface area contributed by atoms with Crippen LogP contribution >= 0.6 is 0 Å². The Morgan fingerprint density at radius 3 is 2.31 bits per heavy atom. The molecule has 1 aliphatic heterocycles. The van der Waals surface area contributed by atoms with Crippen LogP contribution in [0.4, 0.5) is 20.2 Å². The van der Waals surface area contributed by atoms with E-state index in [0.29, 0.717) is 11.8 Å². The molecule has 0 spiro atoms. The van der Waals surface area contributed by atoms with Crippen molar-refractivity contribution < 1.29 is 39.9 Å². The van der Waals surface area contributed by atoms with E-state index in [1.807, 2.05) is 62.5 Å². The third-order valence-electron chi connectivity index (χ3n) is 12.0. The zero-order chi connectivity index (χ0) is 40.8. The molecule has 0 radical (unpaired) electrons. The van der Waals surface area contributed by atoms with Crippen molar-refractivity contribution in [3.63, 3.8) is 0 Å². The van der Waals surface area contributed by atoms with Gasteiger partial charge in [-0.3, -0.25) is 0 Å². The average molecular weight is 1010 g/mol. The molecule has 7 heteroatoms. The van der Waals surface area contributed by atoms with Crippen molar-refractivity contribution >= 4 is 11.4 Å². The summed E-state index contributed by atoms with van der Waals surface area (Å²) in [6.07, 6.45) is 9.59. The van der Waals surface area contributed by atoms with E-state index in [9.17, 15) is 0 Å². The van der Waals surface area contributed by atoms with Crippen LogP contribution in [0.3, 0.4) is 0 Å². The fourth-order valence-electron chi connectivity index (χ4n) is 8.53. The molecule has 1 N–H and O–H groups in total. The van der Waals surface area contributed by atoms with Gasteiger partial charge in [-0.1, -0.05) is 124 Å². The zero-order valence-corrected chi connectivity index (χ0v) is 39.9. The van der Waals surface area contributed by atoms with Crippen molar-refractivity contribution in [3.8, 4) is 0 Å². The average Bonchev–Trinajstić information content (AvgIpc) is 3.23. The Balaban J connectivity index is 0.000000600. The van der Waals surface area contributed by atoms with Gasteiger partial charge >= 0.3 is 31.1 Å². The van der Waals surface area contributed by atoms with E-state index in [1.54, 1.807) is 6.07 Å². The van der Waals surface area contributed by atoms with Crippen LogP contribution in [0.25, 0.3) is 10.6 Å². The van der Waals surface area contributed by atoms with Gasteiger partial charge in [0.15, 0.2) is 0 Å². The molecule has 308 valence electrons. The molecule has 3 unspecified atom stereocenters. The number of nitrogens with zero attached hydrogens (tertiary/aromatic N) is 3. The van der Waals surface area contributed by atoms with Gasteiger partial charge in [-0.25, -0.2) is 8.78 Å². The first kappa shape index (κ1) is 47.3. The summed E-state index contributed by atoms with van der Waals surface area (Å²) in [5.41, 5.74) is 10.2. The van der Waals surface area contributed by atoms with Crippen molar-refractivity contribution in [1.29, 1.82) is 0 Å². The van der Waals surface area contributed by atoms with Gasteiger partial charge in [0.25, 0.3) is 5.92 Å². The van der Waals surface area contributed by atoms with Crippen molar-refractivity contribution in [2.45, 2.75) is 96.8 Å². The van der Waals surface area contributed by atoms with Crippen molar-refractivity contribution in [1.82, 2.24) is 5.32 Å². The summed E-state index contributed by atoms with van der Waals surface area (Å²) in [4.78, 5) is 2.46. The molecule has 6 rings (SSSR count). The minimum atomic E-state index is -2.86. The van der Waals surface area contributed by atoms with Crippen LogP contribution in [-0.4, -0.2) is 39.8 Å². The quantitative estimate of drug-likeness (QED) is 0.0846. The Bertz CT molecular complexity index is 1850. The van der Waals surface area contributed by atoms with Crippen LogP contribution in [-0.2, 0) is 18.8 Å². The summed E-state index contributed by atoms with van der Waals surface area (Å²) in [6.45, 7) is 20.5. The number of anilines is 1. The number of fused-ring (bicyclic) bond motifs is 1. The van der Waals surface area contributed by atoms with Crippen LogP contribution in [0.1, 0.15) is 110 Å². The topological polar surface area (TPSA) is 43.5 Å². The predicted molar refractivity (Wildman–Crippen MR) is 240 cm³/mol.